The molecule has 0 bridgehead atoms. The third kappa shape index (κ3) is 6.90. The van der Waals surface area contributed by atoms with E-state index in [0.29, 0.717) is 12.8 Å². The van der Waals surface area contributed by atoms with Crippen LogP contribution in [-0.2, 0) is 9.53 Å². The SMILES string of the molecule is CC(=O)C[C@H](C)C[C@@H]1CCC[C@@H](CCO)N1C(=O)OC(C)(C)C. The Hall–Kier alpha value is -1.10. The number of ether oxygens (including phenoxy) is 1. The average molecular weight is 327 g/mol. The van der Waals surface area contributed by atoms with Crippen LogP contribution < -0.4 is 0 Å². The highest BCUT2D eigenvalue weighted by Crippen LogP contribution is 2.31. The fourth-order valence-corrected chi connectivity index (χ4v) is 3.48. The minimum Gasteiger partial charge on any atom is -0.444 e. The van der Waals surface area contributed by atoms with E-state index >= 15 is 0 Å². The lowest BCUT2D eigenvalue weighted by Crippen LogP contribution is -2.52. The molecule has 5 heteroatoms. The lowest BCUT2D eigenvalue weighted by atomic mass is 9.87. The van der Waals surface area contributed by atoms with E-state index in [9.17, 15) is 14.7 Å². The van der Waals surface area contributed by atoms with Crippen molar-refractivity contribution in [2.45, 2.75) is 90.8 Å². The van der Waals surface area contributed by atoms with E-state index in [2.05, 4.69) is 6.92 Å². The van der Waals surface area contributed by atoms with E-state index < -0.39 is 5.60 Å². The number of ketones is 1. The number of rotatable bonds is 6. The van der Waals surface area contributed by atoms with E-state index in [-0.39, 0.29) is 36.5 Å². The Morgan fingerprint density at radius 1 is 1.26 bits per heavy atom. The molecule has 0 unspecified atom stereocenters. The Kier molecular flexibility index (Phi) is 7.52. The highest BCUT2D eigenvalue weighted by molar-refractivity contribution is 5.75. The number of likely N-dealkylation sites (tertiary alicyclic amines) is 1. The largest absolute Gasteiger partial charge is 0.444 e. The molecular formula is C18H33NO4. The normalized spacial score (nSPS) is 23.5. The molecule has 0 aromatic carbocycles. The molecule has 0 aliphatic carbocycles. The molecule has 0 aromatic rings. The number of aliphatic hydroxyl groups is 1. The number of carbonyl (C=O) groups excluding carboxylic acids is 2. The number of piperidine rings is 1. The minimum absolute atomic E-state index is 0.0260. The van der Waals surface area contributed by atoms with Crippen LogP contribution in [0.4, 0.5) is 4.79 Å². The number of hydrogen-bond acceptors (Lipinski definition) is 4. The van der Waals surface area contributed by atoms with Crippen molar-refractivity contribution < 1.29 is 19.4 Å². The van der Waals surface area contributed by atoms with Gasteiger partial charge < -0.3 is 19.5 Å². The molecule has 3 atom stereocenters. The molecule has 5 nitrogen and oxygen atoms in total. The van der Waals surface area contributed by atoms with Crippen LogP contribution >= 0.6 is 0 Å². The quantitative estimate of drug-likeness (QED) is 0.810. The van der Waals surface area contributed by atoms with Crippen LogP contribution in [0.5, 0.6) is 0 Å². The van der Waals surface area contributed by atoms with Crippen LogP contribution in [0.15, 0.2) is 0 Å². The lowest BCUT2D eigenvalue weighted by molar-refractivity contribution is -0.117. The number of aliphatic hydroxyl groups excluding tert-OH is 1. The summed E-state index contributed by atoms with van der Waals surface area (Å²) in [6, 6.07) is 0.114. The van der Waals surface area contributed by atoms with Gasteiger partial charge in [0.2, 0.25) is 0 Å². The third-order valence-electron chi connectivity index (χ3n) is 4.24. The van der Waals surface area contributed by atoms with Crippen molar-refractivity contribution in [1.82, 2.24) is 4.90 Å². The Labute approximate surface area is 140 Å². The van der Waals surface area contributed by atoms with Crippen molar-refractivity contribution in [1.29, 1.82) is 0 Å². The Morgan fingerprint density at radius 3 is 2.39 bits per heavy atom. The zero-order valence-electron chi connectivity index (χ0n) is 15.3. The first-order valence-corrected chi connectivity index (χ1v) is 8.75. The highest BCUT2D eigenvalue weighted by Gasteiger charge is 2.37. The number of amides is 1. The standard InChI is InChI=1S/C18H33NO4/c1-13(11-14(2)21)12-16-8-6-7-15(9-10-20)19(16)17(22)23-18(3,4)5/h13,15-16,20H,6-12H2,1-5H3/t13-,15-,16-/m0/s1. The number of Topliss-reactive ketones (excluding diaryl/α,β-unsaturated/α-hetero) is 1. The zero-order valence-corrected chi connectivity index (χ0v) is 15.3. The maximum absolute atomic E-state index is 12.7. The number of hydrogen-bond donors (Lipinski definition) is 1. The molecule has 1 fully saturated rings. The summed E-state index contributed by atoms with van der Waals surface area (Å²) in [7, 11) is 0. The van der Waals surface area contributed by atoms with Gasteiger partial charge in [-0.3, -0.25) is 0 Å². The summed E-state index contributed by atoms with van der Waals surface area (Å²) in [5.74, 6) is 0.430. The van der Waals surface area contributed by atoms with Crippen LogP contribution in [0, 0.1) is 5.92 Å². The molecule has 1 saturated heterocycles. The van der Waals surface area contributed by atoms with E-state index in [0.717, 1.165) is 25.7 Å². The summed E-state index contributed by atoms with van der Waals surface area (Å²) in [6.07, 6.45) is 4.51. The summed E-state index contributed by atoms with van der Waals surface area (Å²) < 4.78 is 5.59. The Bertz CT molecular complexity index is 400. The average Bonchev–Trinajstić information content (AvgIpc) is 2.35. The Morgan fingerprint density at radius 2 is 1.87 bits per heavy atom. The summed E-state index contributed by atoms with van der Waals surface area (Å²) in [6.45, 7) is 9.33. The fourth-order valence-electron chi connectivity index (χ4n) is 3.48. The first-order chi connectivity index (χ1) is 10.6. The van der Waals surface area contributed by atoms with Gasteiger partial charge in [-0.05, 0) is 65.7 Å². The van der Waals surface area contributed by atoms with Gasteiger partial charge in [0.1, 0.15) is 11.4 Å². The maximum atomic E-state index is 12.7. The highest BCUT2D eigenvalue weighted by atomic mass is 16.6. The molecule has 1 aliphatic heterocycles. The van der Waals surface area contributed by atoms with E-state index in [1.165, 1.54) is 0 Å². The number of nitrogens with zero attached hydrogens (tertiary/aromatic N) is 1. The first kappa shape index (κ1) is 19.9. The van der Waals surface area contributed by atoms with Crippen LogP contribution in [-0.4, -0.2) is 46.2 Å². The predicted molar refractivity (Wildman–Crippen MR) is 90.3 cm³/mol. The predicted octanol–water partition coefficient (Wildman–Crippen LogP) is 3.53. The van der Waals surface area contributed by atoms with Crippen molar-refractivity contribution in [2.24, 2.45) is 5.92 Å². The van der Waals surface area contributed by atoms with Crippen molar-refractivity contribution in [2.75, 3.05) is 6.61 Å². The zero-order chi connectivity index (χ0) is 17.6. The van der Waals surface area contributed by atoms with Crippen LogP contribution in [0.1, 0.15) is 73.1 Å². The monoisotopic (exact) mass is 327 g/mol. The third-order valence-corrected chi connectivity index (χ3v) is 4.24. The van der Waals surface area contributed by atoms with Crippen LogP contribution in [0.25, 0.3) is 0 Å². The molecule has 1 aliphatic rings. The molecule has 23 heavy (non-hydrogen) atoms. The molecule has 1 N–H and O–H groups in total. The molecule has 0 aromatic heterocycles. The minimum atomic E-state index is -0.534. The molecular weight excluding hydrogens is 294 g/mol. The second kappa shape index (κ2) is 8.67. The van der Waals surface area contributed by atoms with E-state index in [1.54, 1.807) is 6.92 Å². The summed E-state index contributed by atoms with van der Waals surface area (Å²) in [5, 5.41) is 9.31. The van der Waals surface area contributed by atoms with Crippen LogP contribution in [0.2, 0.25) is 0 Å². The molecule has 1 heterocycles. The smallest absolute Gasteiger partial charge is 0.410 e. The van der Waals surface area contributed by atoms with Crippen molar-refractivity contribution >= 4 is 11.9 Å². The topological polar surface area (TPSA) is 66.8 Å². The molecule has 0 saturated carbocycles. The van der Waals surface area contributed by atoms with E-state index in [1.807, 2.05) is 25.7 Å². The van der Waals surface area contributed by atoms with E-state index in [4.69, 9.17) is 4.74 Å². The molecule has 0 radical (unpaired) electrons. The molecule has 0 spiro atoms. The van der Waals surface area contributed by atoms with Gasteiger partial charge in [0.25, 0.3) is 0 Å². The molecule has 134 valence electrons. The summed E-state index contributed by atoms with van der Waals surface area (Å²) in [5.41, 5.74) is -0.534. The van der Waals surface area contributed by atoms with Crippen molar-refractivity contribution in [3.63, 3.8) is 0 Å². The lowest BCUT2D eigenvalue weighted by Gasteiger charge is -2.43. The summed E-state index contributed by atoms with van der Waals surface area (Å²) >= 11 is 0. The van der Waals surface area contributed by atoms with Gasteiger partial charge in [0.15, 0.2) is 0 Å². The van der Waals surface area contributed by atoms with Gasteiger partial charge in [0.05, 0.1) is 0 Å². The van der Waals surface area contributed by atoms with Gasteiger partial charge in [-0.15, -0.1) is 0 Å². The van der Waals surface area contributed by atoms with Gasteiger partial charge in [0, 0.05) is 25.1 Å². The second-order valence-corrected chi connectivity index (χ2v) is 7.89. The van der Waals surface area contributed by atoms with Crippen molar-refractivity contribution in [3.05, 3.63) is 0 Å². The van der Waals surface area contributed by atoms with Gasteiger partial charge in [-0.2, -0.15) is 0 Å². The first-order valence-electron chi connectivity index (χ1n) is 8.75. The molecule has 1 rings (SSSR count). The Balaban J connectivity index is 2.86. The number of carbonyl (C=O) groups is 2. The molecule has 1 amide bonds. The van der Waals surface area contributed by atoms with Gasteiger partial charge >= 0.3 is 6.09 Å². The fraction of sp³-hybridized carbons (Fsp3) is 0.889. The van der Waals surface area contributed by atoms with Gasteiger partial charge in [-0.25, -0.2) is 4.79 Å². The summed E-state index contributed by atoms with van der Waals surface area (Å²) in [4.78, 5) is 25.8. The van der Waals surface area contributed by atoms with Crippen molar-refractivity contribution in [3.8, 4) is 0 Å². The maximum Gasteiger partial charge on any atom is 0.410 e. The van der Waals surface area contributed by atoms with Gasteiger partial charge in [-0.1, -0.05) is 6.92 Å². The second-order valence-electron chi connectivity index (χ2n) is 7.89. The van der Waals surface area contributed by atoms with Crippen LogP contribution in [0.3, 0.4) is 0 Å².